The summed E-state index contributed by atoms with van der Waals surface area (Å²) in [5.74, 6) is 0. The smallest absolute Gasteiger partial charge is 0.0639 e. The van der Waals surface area contributed by atoms with Crippen molar-refractivity contribution in [3.8, 4) is 0 Å². The molecule has 1 rings (SSSR count). The maximum absolute atomic E-state index is 6.12. The molecule has 0 saturated carbocycles. The molecule has 0 bridgehead atoms. The molecular formula is C13H20ClN. The summed E-state index contributed by atoms with van der Waals surface area (Å²) < 4.78 is 0. The van der Waals surface area contributed by atoms with Gasteiger partial charge in [-0.15, -0.1) is 0 Å². The van der Waals surface area contributed by atoms with Crippen LogP contribution in [0.3, 0.4) is 0 Å². The van der Waals surface area contributed by atoms with Crippen molar-refractivity contribution in [2.75, 3.05) is 19.0 Å². The molecule has 0 saturated heterocycles. The second-order valence-corrected chi connectivity index (χ2v) is 5.82. The van der Waals surface area contributed by atoms with E-state index in [9.17, 15) is 0 Å². The lowest BCUT2D eigenvalue weighted by molar-refractivity contribution is 0.411. The van der Waals surface area contributed by atoms with Crippen molar-refractivity contribution in [1.82, 2.24) is 0 Å². The van der Waals surface area contributed by atoms with E-state index in [4.69, 9.17) is 11.6 Å². The van der Waals surface area contributed by atoms with Crippen molar-refractivity contribution in [3.05, 3.63) is 28.8 Å². The Hall–Kier alpha value is -0.690. The van der Waals surface area contributed by atoms with Crippen LogP contribution in [0.4, 0.5) is 5.69 Å². The summed E-state index contributed by atoms with van der Waals surface area (Å²) in [6.45, 7) is 6.74. The zero-order chi connectivity index (χ0) is 11.6. The van der Waals surface area contributed by atoms with Gasteiger partial charge in [-0.05, 0) is 29.5 Å². The van der Waals surface area contributed by atoms with Crippen LogP contribution >= 0.6 is 11.6 Å². The van der Waals surface area contributed by atoms with Gasteiger partial charge in [0.05, 0.1) is 10.7 Å². The van der Waals surface area contributed by atoms with Gasteiger partial charge in [0.2, 0.25) is 0 Å². The molecule has 0 aromatic heterocycles. The highest BCUT2D eigenvalue weighted by molar-refractivity contribution is 6.33. The first-order valence-corrected chi connectivity index (χ1v) is 5.63. The van der Waals surface area contributed by atoms with E-state index in [1.54, 1.807) is 0 Å². The molecule has 15 heavy (non-hydrogen) atoms. The standard InChI is InChI=1S/C13H20ClN/c1-13(2,3)9-10-6-7-11(14)12(8-10)15(4)5/h6-8H,9H2,1-5H3. The van der Waals surface area contributed by atoms with Crippen molar-refractivity contribution < 1.29 is 0 Å². The van der Waals surface area contributed by atoms with Crippen molar-refractivity contribution >= 4 is 17.3 Å². The molecule has 1 aromatic carbocycles. The summed E-state index contributed by atoms with van der Waals surface area (Å²) in [6.07, 6.45) is 1.07. The maximum atomic E-state index is 6.12. The fraction of sp³-hybridized carbons (Fsp3) is 0.538. The van der Waals surface area contributed by atoms with Gasteiger partial charge < -0.3 is 4.90 Å². The molecule has 0 aliphatic rings. The summed E-state index contributed by atoms with van der Waals surface area (Å²) in [6, 6.07) is 6.27. The number of benzene rings is 1. The normalized spacial score (nSPS) is 11.6. The van der Waals surface area contributed by atoms with E-state index in [1.165, 1.54) is 5.56 Å². The molecule has 0 amide bonds. The minimum Gasteiger partial charge on any atom is -0.376 e. The van der Waals surface area contributed by atoms with Crippen LogP contribution in [0.25, 0.3) is 0 Å². The lowest BCUT2D eigenvalue weighted by atomic mass is 9.88. The highest BCUT2D eigenvalue weighted by Crippen LogP contribution is 2.28. The number of nitrogens with zero attached hydrogens (tertiary/aromatic N) is 1. The molecule has 0 radical (unpaired) electrons. The Labute approximate surface area is 98.0 Å². The van der Waals surface area contributed by atoms with Gasteiger partial charge in [-0.1, -0.05) is 38.4 Å². The van der Waals surface area contributed by atoms with E-state index in [-0.39, 0.29) is 0 Å². The molecule has 0 N–H and O–H groups in total. The Bertz CT molecular complexity index is 337. The van der Waals surface area contributed by atoms with Gasteiger partial charge in [0.15, 0.2) is 0 Å². The predicted octanol–water partition coefficient (Wildman–Crippen LogP) is 3.99. The van der Waals surface area contributed by atoms with Crippen molar-refractivity contribution in [1.29, 1.82) is 0 Å². The lowest BCUT2D eigenvalue weighted by Gasteiger charge is -2.21. The molecule has 84 valence electrons. The predicted molar refractivity (Wildman–Crippen MR) is 68.9 cm³/mol. The highest BCUT2D eigenvalue weighted by atomic mass is 35.5. The maximum Gasteiger partial charge on any atom is 0.0639 e. The van der Waals surface area contributed by atoms with Gasteiger partial charge >= 0.3 is 0 Å². The van der Waals surface area contributed by atoms with Crippen LogP contribution in [0.15, 0.2) is 18.2 Å². The third kappa shape index (κ3) is 3.75. The van der Waals surface area contributed by atoms with Crippen LogP contribution in [-0.4, -0.2) is 14.1 Å². The van der Waals surface area contributed by atoms with Gasteiger partial charge in [-0.2, -0.15) is 0 Å². The molecular weight excluding hydrogens is 206 g/mol. The van der Waals surface area contributed by atoms with Crippen molar-refractivity contribution in [2.24, 2.45) is 5.41 Å². The van der Waals surface area contributed by atoms with Crippen LogP contribution in [0.2, 0.25) is 5.02 Å². The Morgan fingerprint density at radius 1 is 1.20 bits per heavy atom. The molecule has 1 nitrogen and oxygen atoms in total. The Morgan fingerprint density at radius 2 is 1.80 bits per heavy atom. The third-order valence-corrected chi connectivity index (χ3v) is 2.55. The Kier molecular flexibility index (Phi) is 3.67. The minimum atomic E-state index is 0.317. The number of rotatable bonds is 2. The Balaban J connectivity index is 2.98. The number of hydrogen-bond donors (Lipinski definition) is 0. The second-order valence-electron chi connectivity index (χ2n) is 5.42. The van der Waals surface area contributed by atoms with Gasteiger partial charge in [0.1, 0.15) is 0 Å². The zero-order valence-corrected chi connectivity index (χ0v) is 11.0. The van der Waals surface area contributed by atoms with E-state index < -0.39 is 0 Å². The highest BCUT2D eigenvalue weighted by Gasteiger charge is 2.12. The third-order valence-electron chi connectivity index (χ3n) is 2.23. The molecule has 0 atom stereocenters. The minimum absolute atomic E-state index is 0.317. The van der Waals surface area contributed by atoms with E-state index >= 15 is 0 Å². The van der Waals surface area contributed by atoms with E-state index in [0.29, 0.717) is 5.41 Å². The topological polar surface area (TPSA) is 3.24 Å². The fourth-order valence-electron chi connectivity index (χ4n) is 1.62. The molecule has 0 fully saturated rings. The first-order valence-electron chi connectivity index (χ1n) is 5.25. The summed E-state index contributed by atoms with van der Waals surface area (Å²) >= 11 is 6.12. The SMILES string of the molecule is CN(C)c1cc(CC(C)(C)C)ccc1Cl. The Morgan fingerprint density at radius 3 is 2.27 bits per heavy atom. The largest absolute Gasteiger partial charge is 0.376 e. The first kappa shape index (κ1) is 12.4. The van der Waals surface area contributed by atoms with Gasteiger partial charge in [-0.3, -0.25) is 0 Å². The van der Waals surface area contributed by atoms with Crippen LogP contribution in [0.1, 0.15) is 26.3 Å². The summed E-state index contributed by atoms with van der Waals surface area (Å²) in [5.41, 5.74) is 2.76. The van der Waals surface area contributed by atoms with E-state index in [1.807, 2.05) is 20.2 Å². The average molecular weight is 226 g/mol. The molecule has 2 heteroatoms. The van der Waals surface area contributed by atoms with Gasteiger partial charge in [0.25, 0.3) is 0 Å². The molecule has 1 aromatic rings. The quantitative estimate of drug-likeness (QED) is 0.736. The summed E-state index contributed by atoms with van der Waals surface area (Å²) in [4.78, 5) is 2.05. The second kappa shape index (κ2) is 4.44. The first-order chi connectivity index (χ1) is 6.79. The molecule has 0 heterocycles. The molecule has 0 unspecified atom stereocenters. The lowest BCUT2D eigenvalue weighted by Crippen LogP contribution is -2.12. The van der Waals surface area contributed by atoms with Gasteiger partial charge in [-0.25, -0.2) is 0 Å². The summed E-state index contributed by atoms with van der Waals surface area (Å²) in [7, 11) is 4.03. The van der Waals surface area contributed by atoms with Gasteiger partial charge in [0, 0.05) is 14.1 Å². The van der Waals surface area contributed by atoms with Crippen LogP contribution in [-0.2, 0) is 6.42 Å². The van der Waals surface area contributed by atoms with Crippen molar-refractivity contribution in [3.63, 3.8) is 0 Å². The number of hydrogen-bond acceptors (Lipinski definition) is 1. The average Bonchev–Trinajstić information content (AvgIpc) is 2.05. The van der Waals surface area contributed by atoms with E-state index in [0.717, 1.165) is 17.1 Å². The van der Waals surface area contributed by atoms with Crippen LogP contribution in [0, 0.1) is 5.41 Å². The van der Waals surface area contributed by atoms with Crippen LogP contribution in [0.5, 0.6) is 0 Å². The molecule has 0 aliphatic heterocycles. The summed E-state index contributed by atoms with van der Waals surface area (Å²) in [5, 5.41) is 0.817. The van der Waals surface area contributed by atoms with Crippen molar-refractivity contribution in [2.45, 2.75) is 27.2 Å². The monoisotopic (exact) mass is 225 g/mol. The molecule has 0 spiro atoms. The number of anilines is 1. The van der Waals surface area contributed by atoms with E-state index in [2.05, 4.69) is 37.8 Å². The zero-order valence-electron chi connectivity index (χ0n) is 10.3. The van der Waals surface area contributed by atoms with Crippen LogP contribution < -0.4 is 4.90 Å². The molecule has 0 aliphatic carbocycles. The fourth-order valence-corrected chi connectivity index (χ4v) is 1.91. The number of halogens is 1.